The van der Waals surface area contributed by atoms with E-state index in [1.807, 2.05) is 13.8 Å². The minimum absolute atomic E-state index is 0.101. The SMILES string of the molecule is CCC#CC(C)N(C=O)C1=NN1. The van der Waals surface area contributed by atoms with Crippen LogP contribution in [0.5, 0.6) is 0 Å². The topological polar surface area (TPSA) is 54.6 Å². The molecule has 0 aromatic rings. The van der Waals surface area contributed by atoms with Gasteiger partial charge in [-0.3, -0.25) is 9.69 Å². The van der Waals surface area contributed by atoms with Crippen LogP contribution in [-0.4, -0.2) is 23.3 Å². The maximum atomic E-state index is 10.5. The molecule has 4 nitrogen and oxygen atoms in total. The van der Waals surface area contributed by atoms with Crippen LogP contribution in [0.2, 0.25) is 0 Å². The van der Waals surface area contributed by atoms with Crippen LogP contribution >= 0.6 is 0 Å². The zero-order valence-corrected chi connectivity index (χ0v) is 7.16. The van der Waals surface area contributed by atoms with Crippen molar-refractivity contribution < 1.29 is 4.79 Å². The molecule has 4 heteroatoms. The van der Waals surface area contributed by atoms with Crippen molar-refractivity contribution in [2.24, 2.45) is 5.10 Å². The fourth-order valence-electron chi connectivity index (χ4n) is 0.784. The van der Waals surface area contributed by atoms with E-state index in [1.165, 1.54) is 4.90 Å². The molecule has 0 aromatic heterocycles. The summed E-state index contributed by atoms with van der Waals surface area (Å²) >= 11 is 0. The molecule has 1 heterocycles. The summed E-state index contributed by atoms with van der Waals surface area (Å²) in [4.78, 5) is 12.0. The van der Waals surface area contributed by atoms with E-state index in [0.29, 0.717) is 5.96 Å². The highest BCUT2D eigenvalue weighted by Crippen LogP contribution is 2.00. The number of rotatable bonds is 2. The lowest BCUT2D eigenvalue weighted by Crippen LogP contribution is -2.34. The van der Waals surface area contributed by atoms with Gasteiger partial charge in [0.2, 0.25) is 12.4 Å². The standard InChI is InChI=1S/C8H11N3O/c1-3-4-5-7(2)11(6-12)8-9-10-8/h6-7H,3H2,1-2H3,(H,9,10). The Bertz CT molecular complexity index is 261. The molecule has 0 saturated carbocycles. The van der Waals surface area contributed by atoms with Gasteiger partial charge in [0, 0.05) is 6.42 Å². The van der Waals surface area contributed by atoms with Crippen LogP contribution < -0.4 is 5.43 Å². The molecule has 0 spiro atoms. The Kier molecular flexibility index (Phi) is 2.70. The number of guanidine groups is 1. The Hall–Kier alpha value is -1.50. The summed E-state index contributed by atoms with van der Waals surface area (Å²) in [7, 11) is 0. The van der Waals surface area contributed by atoms with Crippen molar-refractivity contribution in [3.63, 3.8) is 0 Å². The summed E-state index contributed by atoms with van der Waals surface area (Å²) in [5.41, 5.74) is 2.61. The van der Waals surface area contributed by atoms with Crippen LogP contribution in [0.25, 0.3) is 0 Å². The average Bonchev–Trinajstić information content (AvgIpc) is 2.86. The number of hydrogen-bond acceptors (Lipinski definition) is 3. The minimum atomic E-state index is -0.101. The summed E-state index contributed by atoms with van der Waals surface area (Å²) in [6.07, 6.45) is 1.53. The third kappa shape index (κ3) is 1.99. The van der Waals surface area contributed by atoms with E-state index in [1.54, 1.807) is 0 Å². The third-order valence-corrected chi connectivity index (χ3v) is 1.47. The number of amides is 1. The molecule has 0 bridgehead atoms. The normalized spacial score (nSPS) is 14.7. The molecule has 0 aliphatic carbocycles. The fourth-order valence-corrected chi connectivity index (χ4v) is 0.784. The van der Waals surface area contributed by atoms with E-state index < -0.39 is 0 Å². The van der Waals surface area contributed by atoms with E-state index in [-0.39, 0.29) is 6.04 Å². The highest BCUT2D eigenvalue weighted by Gasteiger charge is 2.22. The molecule has 1 unspecified atom stereocenters. The summed E-state index contributed by atoms with van der Waals surface area (Å²) in [5, 5.41) is 3.70. The van der Waals surface area contributed by atoms with Gasteiger partial charge in [-0.1, -0.05) is 12.8 Å². The maximum absolute atomic E-state index is 10.5. The van der Waals surface area contributed by atoms with E-state index in [9.17, 15) is 4.79 Å². The van der Waals surface area contributed by atoms with Crippen molar-refractivity contribution in [2.45, 2.75) is 26.3 Å². The first-order valence-corrected chi connectivity index (χ1v) is 3.85. The molecule has 1 N–H and O–H groups in total. The Morgan fingerprint density at radius 1 is 1.83 bits per heavy atom. The molecule has 0 fully saturated rings. The van der Waals surface area contributed by atoms with Crippen molar-refractivity contribution in [2.75, 3.05) is 0 Å². The van der Waals surface area contributed by atoms with Gasteiger partial charge < -0.3 is 0 Å². The van der Waals surface area contributed by atoms with Gasteiger partial charge >= 0.3 is 0 Å². The first kappa shape index (κ1) is 8.60. The number of carbonyl (C=O) groups is 1. The first-order valence-electron chi connectivity index (χ1n) is 3.85. The van der Waals surface area contributed by atoms with Gasteiger partial charge in [-0.25, -0.2) is 5.43 Å². The lowest BCUT2D eigenvalue weighted by atomic mass is 10.3. The molecular weight excluding hydrogens is 154 g/mol. The molecule has 1 rings (SSSR count). The summed E-state index contributed by atoms with van der Waals surface area (Å²) in [5.74, 6) is 6.44. The minimum Gasteiger partial charge on any atom is -0.278 e. The Labute approximate surface area is 71.6 Å². The predicted molar refractivity (Wildman–Crippen MR) is 46.0 cm³/mol. The molecule has 1 aliphatic rings. The lowest BCUT2D eigenvalue weighted by molar-refractivity contribution is -0.115. The second-order valence-corrected chi connectivity index (χ2v) is 2.41. The van der Waals surface area contributed by atoms with Crippen molar-refractivity contribution in [1.29, 1.82) is 0 Å². The van der Waals surface area contributed by atoms with Gasteiger partial charge in [0.15, 0.2) is 0 Å². The molecule has 0 saturated heterocycles. The average molecular weight is 165 g/mol. The monoisotopic (exact) mass is 165 g/mol. The predicted octanol–water partition coefficient (Wildman–Crippen LogP) is 0.121. The second kappa shape index (κ2) is 3.77. The van der Waals surface area contributed by atoms with Gasteiger partial charge in [0.05, 0.1) is 6.04 Å². The molecule has 0 aromatic carbocycles. The zero-order chi connectivity index (χ0) is 8.97. The van der Waals surface area contributed by atoms with Gasteiger partial charge in [0.25, 0.3) is 0 Å². The second-order valence-electron chi connectivity index (χ2n) is 2.41. The Morgan fingerprint density at radius 3 is 2.92 bits per heavy atom. The molecule has 0 radical (unpaired) electrons. The van der Waals surface area contributed by atoms with Gasteiger partial charge in [-0.05, 0) is 6.92 Å². The van der Waals surface area contributed by atoms with E-state index in [0.717, 1.165) is 12.8 Å². The Morgan fingerprint density at radius 2 is 2.50 bits per heavy atom. The molecule has 64 valence electrons. The largest absolute Gasteiger partial charge is 0.278 e. The zero-order valence-electron chi connectivity index (χ0n) is 7.16. The van der Waals surface area contributed by atoms with Crippen LogP contribution in [0.1, 0.15) is 20.3 Å². The summed E-state index contributed by atoms with van der Waals surface area (Å²) < 4.78 is 0. The summed E-state index contributed by atoms with van der Waals surface area (Å²) in [6.45, 7) is 3.83. The van der Waals surface area contributed by atoms with Crippen molar-refractivity contribution in [3.05, 3.63) is 0 Å². The van der Waals surface area contributed by atoms with E-state index in [4.69, 9.17) is 0 Å². The summed E-state index contributed by atoms with van der Waals surface area (Å²) in [6, 6.07) is -0.101. The molecule has 1 aliphatic heterocycles. The highest BCUT2D eigenvalue weighted by atomic mass is 16.1. The maximum Gasteiger partial charge on any atom is 0.244 e. The molecular formula is C8H11N3O. The number of hydrazone groups is 1. The number of carbonyl (C=O) groups excluding carboxylic acids is 1. The smallest absolute Gasteiger partial charge is 0.244 e. The van der Waals surface area contributed by atoms with Gasteiger partial charge in [0.1, 0.15) is 0 Å². The molecule has 12 heavy (non-hydrogen) atoms. The van der Waals surface area contributed by atoms with Crippen molar-refractivity contribution in [1.82, 2.24) is 10.3 Å². The molecule has 1 amide bonds. The third-order valence-electron chi connectivity index (χ3n) is 1.47. The van der Waals surface area contributed by atoms with Crippen molar-refractivity contribution >= 4 is 12.4 Å². The van der Waals surface area contributed by atoms with Crippen LogP contribution in [0.3, 0.4) is 0 Å². The van der Waals surface area contributed by atoms with Gasteiger partial charge in [-0.2, -0.15) is 0 Å². The molecule has 1 atom stereocenters. The first-order chi connectivity index (χ1) is 5.79. The van der Waals surface area contributed by atoms with E-state index in [2.05, 4.69) is 22.4 Å². The lowest BCUT2D eigenvalue weighted by Gasteiger charge is -2.13. The number of nitrogens with zero attached hydrogens (tertiary/aromatic N) is 2. The van der Waals surface area contributed by atoms with Crippen molar-refractivity contribution in [3.8, 4) is 11.8 Å². The Balaban J connectivity index is 2.52. The van der Waals surface area contributed by atoms with Crippen LogP contribution in [0.15, 0.2) is 5.10 Å². The fraction of sp³-hybridized carbons (Fsp3) is 0.500. The van der Waals surface area contributed by atoms with Crippen LogP contribution in [0, 0.1) is 11.8 Å². The van der Waals surface area contributed by atoms with Crippen LogP contribution in [-0.2, 0) is 4.79 Å². The number of nitrogens with one attached hydrogen (secondary N) is 1. The number of hydrogen-bond donors (Lipinski definition) is 1. The van der Waals surface area contributed by atoms with E-state index >= 15 is 0 Å². The van der Waals surface area contributed by atoms with Crippen LogP contribution in [0.4, 0.5) is 0 Å². The highest BCUT2D eigenvalue weighted by molar-refractivity contribution is 5.96. The van der Waals surface area contributed by atoms with Gasteiger partial charge in [-0.15, -0.1) is 11.0 Å². The quantitative estimate of drug-likeness (QED) is 0.466.